The van der Waals surface area contributed by atoms with Gasteiger partial charge in [0.1, 0.15) is 15.7 Å². The predicted molar refractivity (Wildman–Crippen MR) is 74.8 cm³/mol. The Morgan fingerprint density at radius 1 is 1.42 bits per heavy atom. The average molecular weight is 288 g/mol. The Labute approximate surface area is 114 Å². The summed E-state index contributed by atoms with van der Waals surface area (Å²) in [5.41, 5.74) is 4.34. The predicted octanol–water partition coefficient (Wildman–Crippen LogP) is 1.85. The molecule has 0 amide bonds. The fourth-order valence-corrected chi connectivity index (χ4v) is 2.86. The van der Waals surface area contributed by atoms with E-state index < -0.39 is 9.84 Å². The van der Waals surface area contributed by atoms with Crippen molar-refractivity contribution in [2.75, 3.05) is 11.5 Å². The summed E-state index contributed by atoms with van der Waals surface area (Å²) in [5, 5.41) is 0. The van der Waals surface area contributed by atoms with Crippen LogP contribution in [0.5, 0.6) is 0 Å². The van der Waals surface area contributed by atoms with Gasteiger partial charge in [-0.2, -0.15) is 0 Å². The third-order valence-electron chi connectivity index (χ3n) is 3.21. The van der Waals surface area contributed by atoms with E-state index in [2.05, 4.69) is 5.43 Å². The summed E-state index contributed by atoms with van der Waals surface area (Å²) in [7, 11) is -2.97. The lowest BCUT2D eigenvalue weighted by molar-refractivity contribution is 0.501. The van der Waals surface area contributed by atoms with Crippen molar-refractivity contribution in [2.24, 2.45) is 5.84 Å². The van der Waals surface area contributed by atoms with Crippen molar-refractivity contribution >= 4 is 9.84 Å². The number of hydrogen-bond acceptors (Lipinski definition) is 4. The molecule has 0 aromatic heterocycles. The van der Waals surface area contributed by atoms with Crippen molar-refractivity contribution in [3.8, 4) is 0 Å². The van der Waals surface area contributed by atoms with Gasteiger partial charge in [-0.15, -0.1) is 0 Å². The molecule has 0 radical (unpaired) electrons. The molecule has 0 heterocycles. The van der Waals surface area contributed by atoms with Gasteiger partial charge in [-0.25, -0.2) is 12.8 Å². The molecule has 1 rings (SSSR count). The lowest BCUT2D eigenvalue weighted by Gasteiger charge is -2.18. The maximum absolute atomic E-state index is 13.2. The van der Waals surface area contributed by atoms with Crippen molar-refractivity contribution in [3.63, 3.8) is 0 Å². The minimum Gasteiger partial charge on any atom is -0.271 e. The van der Waals surface area contributed by atoms with Gasteiger partial charge in [0.25, 0.3) is 0 Å². The molecule has 19 heavy (non-hydrogen) atoms. The Morgan fingerprint density at radius 3 is 2.68 bits per heavy atom. The van der Waals surface area contributed by atoms with E-state index in [1.54, 1.807) is 13.0 Å². The number of rotatable bonds is 7. The van der Waals surface area contributed by atoms with Crippen molar-refractivity contribution in [1.29, 1.82) is 0 Å². The van der Waals surface area contributed by atoms with Gasteiger partial charge in [0.2, 0.25) is 0 Å². The van der Waals surface area contributed by atoms with Crippen molar-refractivity contribution < 1.29 is 12.8 Å². The fourth-order valence-electron chi connectivity index (χ4n) is 1.97. The molecule has 0 spiro atoms. The van der Waals surface area contributed by atoms with Crippen LogP contribution in [0.4, 0.5) is 4.39 Å². The van der Waals surface area contributed by atoms with Crippen LogP contribution in [-0.2, 0) is 9.84 Å². The van der Waals surface area contributed by atoms with Gasteiger partial charge in [0.05, 0.1) is 5.75 Å². The highest BCUT2D eigenvalue weighted by atomic mass is 32.2. The Morgan fingerprint density at radius 2 is 2.11 bits per heavy atom. The molecule has 1 unspecified atom stereocenters. The van der Waals surface area contributed by atoms with E-state index in [0.717, 1.165) is 11.1 Å². The van der Waals surface area contributed by atoms with Crippen LogP contribution in [0.2, 0.25) is 0 Å². The molecule has 0 bridgehead atoms. The Bertz CT molecular complexity index is 517. The van der Waals surface area contributed by atoms with E-state index >= 15 is 0 Å². The number of aryl methyl sites for hydroxylation is 1. The van der Waals surface area contributed by atoms with E-state index in [1.165, 1.54) is 12.1 Å². The molecular formula is C13H21FN2O2S. The first-order chi connectivity index (χ1) is 8.89. The van der Waals surface area contributed by atoms with Crippen molar-refractivity contribution in [1.82, 2.24) is 5.43 Å². The van der Waals surface area contributed by atoms with Gasteiger partial charge in [-0.1, -0.05) is 13.0 Å². The number of benzene rings is 1. The van der Waals surface area contributed by atoms with Gasteiger partial charge in [-0.3, -0.25) is 11.3 Å². The van der Waals surface area contributed by atoms with Crippen molar-refractivity contribution in [2.45, 2.75) is 32.7 Å². The lowest BCUT2D eigenvalue weighted by Crippen LogP contribution is -2.29. The minimum atomic E-state index is -2.97. The minimum absolute atomic E-state index is 0.135. The molecule has 3 N–H and O–H groups in total. The zero-order valence-electron chi connectivity index (χ0n) is 11.3. The van der Waals surface area contributed by atoms with E-state index in [-0.39, 0.29) is 23.4 Å². The maximum atomic E-state index is 13.2. The maximum Gasteiger partial charge on any atom is 0.150 e. The summed E-state index contributed by atoms with van der Waals surface area (Å²) in [6.07, 6.45) is 1.06. The summed E-state index contributed by atoms with van der Waals surface area (Å²) in [6, 6.07) is 4.29. The number of sulfone groups is 1. The number of nitrogens with one attached hydrogen (secondary N) is 1. The zero-order chi connectivity index (χ0) is 14.5. The van der Waals surface area contributed by atoms with E-state index in [1.807, 2.05) is 6.92 Å². The van der Waals surface area contributed by atoms with E-state index in [9.17, 15) is 12.8 Å². The number of hydrazine groups is 1. The monoisotopic (exact) mass is 288 g/mol. The van der Waals surface area contributed by atoms with Crippen LogP contribution < -0.4 is 11.3 Å². The Balaban J connectivity index is 2.71. The molecule has 0 saturated carbocycles. The van der Waals surface area contributed by atoms with Crippen molar-refractivity contribution in [3.05, 3.63) is 35.1 Å². The van der Waals surface area contributed by atoms with Crippen LogP contribution in [0.15, 0.2) is 18.2 Å². The normalized spacial score (nSPS) is 13.5. The molecule has 1 aromatic rings. The molecule has 6 heteroatoms. The van der Waals surface area contributed by atoms with Gasteiger partial charge in [0.15, 0.2) is 0 Å². The van der Waals surface area contributed by atoms with E-state index in [4.69, 9.17) is 5.84 Å². The summed E-state index contributed by atoms with van der Waals surface area (Å²) in [4.78, 5) is 0. The van der Waals surface area contributed by atoms with Crippen LogP contribution in [0.1, 0.15) is 36.9 Å². The van der Waals surface area contributed by atoms with Crippen LogP contribution in [0, 0.1) is 12.7 Å². The summed E-state index contributed by atoms with van der Waals surface area (Å²) >= 11 is 0. The molecule has 0 aliphatic carbocycles. The standard InChI is InChI=1S/C13H21FN2O2S/c1-3-19(17,18)8-4-5-13(16-15)12-9-11(14)7-6-10(12)2/h6-7,9,13,16H,3-5,8,15H2,1-2H3. The van der Waals surface area contributed by atoms with Gasteiger partial charge in [0, 0.05) is 11.8 Å². The highest BCUT2D eigenvalue weighted by Crippen LogP contribution is 2.22. The van der Waals surface area contributed by atoms with Gasteiger partial charge in [-0.05, 0) is 43.0 Å². The first kappa shape index (κ1) is 16.1. The van der Waals surface area contributed by atoms with Gasteiger partial charge < -0.3 is 0 Å². The SMILES string of the molecule is CCS(=O)(=O)CCCC(NN)c1cc(F)ccc1C. The molecule has 0 saturated heterocycles. The molecule has 0 fully saturated rings. The lowest BCUT2D eigenvalue weighted by atomic mass is 9.98. The second kappa shape index (κ2) is 6.98. The quantitative estimate of drug-likeness (QED) is 0.593. The summed E-state index contributed by atoms with van der Waals surface area (Å²) < 4.78 is 36.1. The Hall–Kier alpha value is -0.980. The molecule has 0 aliphatic rings. The number of halogens is 1. The third kappa shape index (κ3) is 4.89. The second-order valence-electron chi connectivity index (χ2n) is 4.60. The molecule has 0 aliphatic heterocycles. The molecule has 1 aromatic carbocycles. The summed E-state index contributed by atoms with van der Waals surface area (Å²) in [5.74, 6) is 5.45. The van der Waals surface area contributed by atoms with Crippen LogP contribution >= 0.6 is 0 Å². The van der Waals surface area contributed by atoms with Crippen LogP contribution in [0.25, 0.3) is 0 Å². The number of nitrogens with two attached hydrogens (primary N) is 1. The number of hydrogen-bond donors (Lipinski definition) is 2. The van der Waals surface area contributed by atoms with Crippen LogP contribution in [-0.4, -0.2) is 19.9 Å². The average Bonchev–Trinajstić information content (AvgIpc) is 2.38. The first-order valence-electron chi connectivity index (χ1n) is 6.32. The largest absolute Gasteiger partial charge is 0.271 e. The first-order valence-corrected chi connectivity index (χ1v) is 8.14. The second-order valence-corrected chi connectivity index (χ2v) is 7.07. The topological polar surface area (TPSA) is 72.2 Å². The highest BCUT2D eigenvalue weighted by molar-refractivity contribution is 7.91. The third-order valence-corrected chi connectivity index (χ3v) is 5.00. The molecule has 108 valence electrons. The molecule has 4 nitrogen and oxygen atoms in total. The molecule has 1 atom stereocenters. The fraction of sp³-hybridized carbons (Fsp3) is 0.538. The van der Waals surface area contributed by atoms with Crippen LogP contribution in [0.3, 0.4) is 0 Å². The summed E-state index contributed by atoms with van der Waals surface area (Å²) in [6.45, 7) is 3.51. The smallest absolute Gasteiger partial charge is 0.150 e. The highest BCUT2D eigenvalue weighted by Gasteiger charge is 2.15. The Kier molecular flexibility index (Phi) is 5.90. The van der Waals surface area contributed by atoms with E-state index in [0.29, 0.717) is 12.8 Å². The van der Waals surface area contributed by atoms with Gasteiger partial charge >= 0.3 is 0 Å². The molecular weight excluding hydrogens is 267 g/mol. The zero-order valence-corrected chi connectivity index (χ0v) is 12.1.